The SMILES string of the molecule is N#CN1CCCC(c2nc(-c3cccc(-c4ccccc4)c3)co2)C1. The van der Waals surface area contributed by atoms with Crippen LogP contribution in [0.25, 0.3) is 22.4 Å². The molecule has 1 atom stereocenters. The maximum Gasteiger partial charge on any atom is 0.199 e. The molecule has 1 aromatic heterocycles. The highest BCUT2D eigenvalue weighted by atomic mass is 16.3. The Morgan fingerprint density at radius 1 is 1.04 bits per heavy atom. The summed E-state index contributed by atoms with van der Waals surface area (Å²) in [6.45, 7) is 1.53. The van der Waals surface area contributed by atoms with Gasteiger partial charge in [-0.1, -0.05) is 48.5 Å². The lowest BCUT2D eigenvalue weighted by atomic mass is 9.98. The third-order valence-corrected chi connectivity index (χ3v) is 4.70. The van der Waals surface area contributed by atoms with Crippen LogP contribution in [0.1, 0.15) is 24.7 Å². The van der Waals surface area contributed by atoms with Gasteiger partial charge in [-0.05, 0) is 30.0 Å². The molecule has 2 heterocycles. The Balaban J connectivity index is 1.59. The van der Waals surface area contributed by atoms with Crippen LogP contribution in [-0.4, -0.2) is 23.0 Å². The lowest BCUT2D eigenvalue weighted by Crippen LogP contribution is -2.30. The summed E-state index contributed by atoms with van der Waals surface area (Å²) in [6.07, 6.45) is 5.97. The third kappa shape index (κ3) is 3.27. The van der Waals surface area contributed by atoms with E-state index in [4.69, 9.17) is 14.7 Å². The Morgan fingerprint density at radius 3 is 2.68 bits per heavy atom. The van der Waals surface area contributed by atoms with E-state index in [1.807, 2.05) is 24.3 Å². The normalized spacial score (nSPS) is 17.2. The Kier molecular flexibility index (Phi) is 4.22. The first kappa shape index (κ1) is 15.5. The lowest BCUT2D eigenvalue weighted by molar-refractivity contribution is 0.263. The van der Waals surface area contributed by atoms with Crippen molar-refractivity contribution < 1.29 is 4.42 Å². The molecule has 25 heavy (non-hydrogen) atoms. The smallest absolute Gasteiger partial charge is 0.199 e. The molecular formula is C21H19N3O. The van der Waals surface area contributed by atoms with Crippen LogP contribution < -0.4 is 0 Å². The van der Waals surface area contributed by atoms with Crippen LogP contribution >= 0.6 is 0 Å². The minimum Gasteiger partial charge on any atom is -0.448 e. The number of piperidine rings is 1. The molecule has 2 aromatic carbocycles. The van der Waals surface area contributed by atoms with Crippen LogP contribution in [0, 0.1) is 11.5 Å². The lowest BCUT2D eigenvalue weighted by Gasteiger charge is -2.26. The van der Waals surface area contributed by atoms with Gasteiger partial charge in [0.25, 0.3) is 0 Å². The molecule has 0 amide bonds. The topological polar surface area (TPSA) is 53.1 Å². The maximum absolute atomic E-state index is 9.10. The van der Waals surface area contributed by atoms with E-state index in [9.17, 15) is 0 Å². The number of rotatable bonds is 3. The number of nitrogens with zero attached hydrogens (tertiary/aromatic N) is 3. The number of hydrogen-bond acceptors (Lipinski definition) is 4. The van der Waals surface area contributed by atoms with E-state index in [2.05, 4.69) is 36.5 Å². The second kappa shape index (κ2) is 6.82. The van der Waals surface area contributed by atoms with Gasteiger partial charge in [0.15, 0.2) is 12.1 Å². The summed E-state index contributed by atoms with van der Waals surface area (Å²) in [5.41, 5.74) is 4.24. The molecule has 1 aliphatic heterocycles. The molecule has 0 radical (unpaired) electrons. The zero-order valence-electron chi connectivity index (χ0n) is 13.9. The predicted octanol–water partition coefficient (Wildman–Crippen LogP) is 4.67. The highest BCUT2D eigenvalue weighted by Gasteiger charge is 2.24. The average Bonchev–Trinajstić information content (AvgIpc) is 3.19. The zero-order valence-corrected chi connectivity index (χ0v) is 13.9. The molecule has 0 aliphatic carbocycles. The molecule has 0 saturated carbocycles. The van der Waals surface area contributed by atoms with Crippen molar-refractivity contribution in [1.82, 2.24) is 9.88 Å². The fraction of sp³-hybridized carbons (Fsp3) is 0.238. The summed E-state index contributed by atoms with van der Waals surface area (Å²) in [7, 11) is 0. The molecule has 1 saturated heterocycles. The van der Waals surface area contributed by atoms with E-state index in [1.54, 1.807) is 11.2 Å². The standard InChI is InChI=1S/C21H19N3O/c22-15-24-11-5-10-19(13-24)21-23-20(14-25-21)18-9-4-8-17(12-18)16-6-2-1-3-7-16/h1-4,6-9,12,14,19H,5,10-11,13H2. The molecular weight excluding hydrogens is 310 g/mol. The quantitative estimate of drug-likeness (QED) is 0.655. The van der Waals surface area contributed by atoms with Crippen LogP contribution in [0.3, 0.4) is 0 Å². The summed E-state index contributed by atoms with van der Waals surface area (Å²) in [5.74, 6) is 0.930. The van der Waals surface area contributed by atoms with Crippen molar-refractivity contribution in [1.29, 1.82) is 5.26 Å². The van der Waals surface area contributed by atoms with Crippen LogP contribution in [0.4, 0.5) is 0 Å². The molecule has 4 heteroatoms. The number of hydrogen-bond donors (Lipinski definition) is 0. The van der Waals surface area contributed by atoms with Gasteiger partial charge in [-0.25, -0.2) is 4.98 Å². The van der Waals surface area contributed by atoms with Gasteiger partial charge in [-0.2, -0.15) is 5.26 Å². The van der Waals surface area contributed by atoms with Crippen LogP contribution in [0.15, 0.2) is 65.3 Å². The third-order valence-electron chi connectivity index (χ3n) is 4.70. The Hall–Kier alpha value is -3.06. The van der Waals surface area contributed by atoms with Crippen molar-refractivity contribution in [3.8, 4) is 28.6 Å². The van der Waals surface area contributed by atoms with Gasteiger partial charge in [-0.15, -0.1) is 0 Å². The molecule has 0 spiro atoms. The Labute approximate surface area is 147 Å². The first-order chi connectivity index (χ1) is 12.3. The summed E-state index contributed by atoms with van der Waals surface area (Å²) in [6, 6.07) is 18.6. The summed E-state index contributed by atoms with van der Waals surface area (Å²) >= 11 is 0. The number of aromatic nitrogens is 1. The average molecular weight is 329 g/mol. The first-order valence-electron chi connectivity index (χ1n) is 8.59. The van der Waals surface area contributed by atoms with Crippen molar-refractivity contribution in [2.75, 3.05) is 13.1 Å². The molecule has 4 nitrogen and oxygen atoms in total. The summed E-state index contributed by atoms with van der Waals surface area (Å²) in [5, 5.41) is 9.10. The number of oxazole rings is 1. The van der Waals surface area contributed by atoms with Gasteiger partial charge < -0.3 is 9.32 Å². The van der Waals surface area contributed by atoms with E-state index >= 15 is 0 Å². The van der Waals surface area contributed by atoms with Gasteiger partial charge >= 0.3 is 0 Å². The summed E-state index contributed by atoms with van der Waals surface area (Å²) in [4.78, 5) is 6.49. The Bertz CT molecular complexity index is 895. The van der Waals surface area contributed by atoms with Gasteiger partial charge in [0.2, 0.25) is 0 Å². The molecule has 4 rings (SSSR count). The molecule has 1 unspecified atom stereocenters. The number of likely N-dealkylation sites (tertiary alicyclic amines) is 1. The molecule has 3 aromatic rings. The van der Waals surface area contributed by atoms with E-state index in [0.717, 1.165) is 42.1 Å². The van der Waals surface area contributed by atoms with Crippen molar-refractivity contribution in [2.24, 2.45) is 0 Å². The fourth-order valence-electron chi connectivity index (χ4n) is 3.37. The monoisotopic (exact) mass is 329 g/mol. The zero-order chi connectivity index (χ0) is 17.1. The van der Waals surface area contributed by atoms with Crippen molar-refractivity contribution >= 4 is 0 Å². The predicted molar refractivity (Wildman–Crippen MR) is 96.5 cm³/mol. The minimum atomic E-state index is 0.194. The van der Waals surface area contributed by atoms with Gasteiger partial charge in [0, 0.05) is 18.7 Å². The van der Waals surface area contributed by atoms with Crippen molar-refractivity contribution in [3.05, 3.63) is 66.8 Å². The maximum atomic E-state index is 9.10. The van der Waals surface area contributed by atoms with Gasteiger partial charge in [0.1, 0.15) is 12.0 Å². The highest BCUT2D eigenvalue weighted by Crippen LogP contribution is 2.30. The van der Waals surface area contributed by atoms with Gasteiger partial charge in [-0.3, -0.25) is 0 Å². The van der Waals surface area contributed by atoms with E-state index < -0.39 is 0 Å². The highest BCUT2D eigenvalue weighted by molar-refractivity contribution is 5.71. The molecule has 0 bridgehead atoms. The van der Waals surface area contributed by atoms with Crippen molar-refractivity contribution in [3.63, 3.8) is 0 Å². The second-order valence-corrected chi connectivity index (χ2v) is 6.40. The molecule has 0 N–H and O–H groups in total. The minimum absolute atomic E-state index is 0.194. The van der Waals surface area contributed by atoms with Crippen LogP contribution in [0.2, 0.25) is 0 Å². The van der Waals surface area contributed by atoms with Crippen molar-refractivity contribution in [2.45, 2.75) is 18.8 Å². The first-order valence-corrected chi connectivity index (χ1v) is 8.59. The molecule has 1 fully saturated rings. The fourth-order valence-corrected chi connectivity index (χ4v) is 3.37. The van der Waals surface area contributed by atoms with E-state index in [-0.39, 0.29) is 5.92 Å². The number of nitriles is 1. The summed E-state index contributed by atoms with van der Waals surface area (Å²) < 4.78 is 5.75. The van der Waals surface area contributed by atoms with E-state index in [1.165, 1.54) is 5.56 Å². The number of benzene rings is 2. The van der Waals surface area contributed by atoms with Crippen LogP contribution in [-0.2, 0) is 0 Å². The van der Waals surface area contributed by atoms with E-state index in [0.29, 0.717) is 6.54 Å². The van der Waals surface area contributed by atoms with Gasteiger partial charge in [0.05, 0.1) is 5.92 Å². The second-order valence-electron chi connectivity index (χ2n) is 6.40. The largest absolute Gasteiger partial charge is 0.448 e. The van der Waals surface area contributed by atoms with Crippen LogP contribution in [0.5, 0.6) is 0 Å². The molecule has 124 valence electrons. The molecule has 1 aliphatic rings. The Morgan fingerprint density at radius 2 is 1.84 bits per heavy atom.